The molecule has 176 valence electrons. The lowest BCUT2D eigenvalue weighted by molar-refractivity contribution is 0.340. The molecule has 35 heavy (non-hydrogen) atoms. The molecule has 0 bridgehead atoms. The van der Waals surface area contributed by atoms with Gasteiger partial charge >= 0.3 is 0 Å². The van der Waals surface area contributed by atoms with Gasteiger partial charge in [0.2, 0.25) is 0 Å². The first-order valence-electron chi connectivity index (χ1n) is 12.1. The SMILES string of the molecule is CCOc1ccc(C=CC2=NN(c3ccc4ccccc4n3)C(c3ccc(OCC)cc3)C2)cc1. The first kappa shape index (κ1) is 22.7. The third kappa shape index (κ3) is 5.19. The minimum Gasteiger partial charge on any atom is -0.494 e. The number of hydrazone groups is 1. The lowest BCUT2D eigenvalue weighted by atomic mass is 10.0. The number of para-hydroxylation sites is 1. The van der Waals surface area contributed by atoms with Crippen LogP contribution in [0.1, 0.15) is 37.4 Å². The quantitative estimate of drug-likeness (QED) is 0.281. The van der Waals surface area contributed by atoms with Crippen LogP contribution in [0.15, 0.2) is 96.1 Å². The molecular formula is C30H29N3O2. The molecule has 0 amide bonds. The third-order valence-electron chi connectivity index (χ3n) is 5.99. The summed E-state index contributed by atoms with van der Waals surface area (Å²) in [5.41, 5.74) is 4.25. The number of hydrogen-bond acceptors (Lipinski definition) is 5. The number of rotatable bonds is 8. The van der Waals surface area contributed by atoms with E-state index in [4.69, 9.17) is 19.6 Å². The van der Waals surface area contributed by atoms with Crippen LogP contribution in [0.2, 0.25) is 0 Å². The first-order chi connectivity index (χ1) is 17.2. The molecule has 0 radical (unpaired) electrons. The zero-order valence-corrected chi connectivity index (χ0v) is 20.1. The van der Waals surface area contributed by atoms with E-state index in [1.165, 1.54) is 5.56 Å². The van der Waals surface area contributed by atoms with Gasteiger partial charge in [0.1, 0.15) is 17.3 Å². The first-order valence-corrected chi connectivity index (χ1v) is 12.1. The van der Waals surface area contributed by atoms with Crippen LogP contribution in [-0.4, -0.2) is 23.9 Å². The van der Waals surface area contributed by atoms with Crippen LogP contribution in [0.25, 0.3) is 17.0 Å². The van der Waals surface area contributed by atoms with Crippen LogP contribution in [0.3, 0.4) is 0 Å². The number of anilines is 1. The Morgan fingerprint density at radius 2 is 1.49 bits per heavy atom. The van der Waals surface area contributed by atoms with E-state index in [9.17, 15) is 0 Å². The smallest absolute Gasteiger partial charge is 0.150 e. The standard InChI is InChI=1S/C30H29N3O2/c1-3-34-26-16-10-22(11-17-26)9-15-25-21-29(24-12-18-27(19-13-24)35-4-2)33(32-25)30-20-14-23-7-5-6-8-28(23)31-30/h5-20,29H,3-4,21H2,1-2H3. The summed E-state index contributed by atoms with van der Waals surface area (Å²) >= 11 is 0. The van der Waals surface area contributed by atoms with Crippen LogP contribution in [-0.2, 0) is 0 Å². The van der Waals surface area contributed by atoms with E-state index in [0.29, 0.717) is 13.2 Å². The topological polar surface area (TPSA) is 47.0 Å². The number of ether oxygens (including phenoxy) is 2. The maximum atomic E-state index is 5.64. The van der Waals surface area contributed by atoms with Crippen LogP contribution in [0.4, 0.5) is 5.82 Å². The molecule has 0 aliphatic carbocycles. The Labute approximate surface area is 206 Å². The Morgan fingerprint density at radius 1 is 0.800 bits per heavy atom. The number of allylic oxidation sites excluding steroid dienone is 1. The van der Waals surface area contributed by atoms with Crippen molar-refractivity contribution in [1.82, 2.24) is 4.98 Å². The molecule has 0 saturated carbocycles. The zero-order chi connectivity index (χ0) is 24.0. The lowest BCUT2D eigenvalue weighted by Gasteiger charge is -2.23. The molecule has 1 unspecified atom stereocenters. The molecule has 3 aromatic carbocycles. The molecule has 4 aromatic rings. The molecular weight excluding hydrogens is 434 g/mol. The molecule has 1 aromatic heterocycles. The highest BCUT2D eigenvalue weighted by Gasteiger charge is 2.29. The highest BCUT2D eigenvalue weighted by molar-refractivity contribution is 6.01. The van der Waals surface area contributed by atoms with Crippen LogP contribution in [0, 0.1) is 0 Å². The highest BCUT2D eigenvalue weighted by atomic mass is 16.5. The van der Waals surface area contributed by atoms with Crippen molar-refractivity contribution in [3.8, 4) is 11.5 Å². The van der Waals surface area contributed by atoms with Crippen LogP contribution >= 0.6 is 0 Å². The minimum absolute atomic E-state index is 0.0549. The number of pyridine rings is 1. The Hall–Kier alpha value is -4.12. The van der Waals surface area contributed by atoms with E-state index in [1.807, 2.05) is 67.4 Å². The van der Waals surface area contributed by atoms with Gasteiger partial charge in [-0.15, -0.1) is 0 Å². The van der Waals surface area contributed by atoms with Gasteiger partial charge in [0.15, 0.2) is 0 Å². The van der Waals surface area contributed by atoms with Crippen molar-refractivity contribution in [3.05, 3.63) is 102 Å². The van der Waals surface area contributed by atoms with Gasteiger partial charge in [0, 0.05) is 11.8 Å². The molecule has 1 atom stereocenters. The van der Waals surface area contributed by atoms with Gasteiger partial charge in [-0.05, 0) is 73.5 Å². The van der Waals surface area contributed by atoms with E-state index >= 15 is 0 Å². The molecule has 0 N–H and O–H groups in total. The van der Waals surface area contributed by atoms with Crippen molar-refractivity contribution >= 4 is 28.5 Å². The Morgan fingerprint density at radius 3 is 2.20 bits per heavy atom. The number of fused-ring (bicyclic) bond motifs is 1. The summed E-state index contributed by atoms with van der Waals surface area (Å²) in [5.74, 6) is 2.60. The fourth-order valence-electron chi connectivity index (χ4n) is 4.27. The highest BCUT2D eigenvalue weighted by Crippen LogP contribution is 2.36. The zero-order valence-electron chi connectivity index (χ0n) is 20.1. The lowest BCUT2D eigenvalue weighted by Crippen LogP contribution is -2.19. The van der Waals surface area contributed by atoms with Gasteiger partial charge in [-0.3, -0.25) is 0 Å². The number of hydrogen-bond donors (Lipinski definition) is 0. The van der Waals surface area contributed by atoms with Crippen molar-refractivity contribution in [2.45, 2.75) is 26.3 Å². The van der Waals surface area contributed by atoms with E-state index in [0.717, 1.165) is 45.9 Å². The van der Waals surface area contributed by atoms with Crippen LogP contribution < -0.4 is 14.5 Å². The van der Waals surface area contributed by atoms with E-state index in [2.05, 4.69) is 48.6 Å². The summed E-state index contributed by atoms with van der Waals surface area (Å²) in [6, 6.07) is 28.8. The minimum atomic E-state index is 0.0549. The normalized spacial score (nSPS) is 15.5. The summed E-state index contributed by atoms with van der Waals surface area (Å²) in [4.78, 5) is 4.92. The van der Waals surface area contributed by atoms with Crippen molar-refractivity contribution in [3.63, 3.8) is 0 Å². The monoisotopic (exact) mass is 463 g/mol. The van der Waals surface area contributed by atoms with Gasteiger partial charge < -0.3 is 9.47 Å². The molecule has 0 fully saturated rings. The predicted molar refractivity (Wildman–Crippen MR) is 143 cm³/mol. The Balaban J connectivity index is 1.44. The number of aromatic nitrogens is 1. The van der Waals surface area contributed by atoms with E-state index < -0.39 is 0 Å². The van der Waals surface area contributed by atoms with E-state index in [1.54, 1.807) is 0 Å². The molecule has 5 rings (SSSR count). The van der Waals surface area contributed by atoms with Gasteiger partial charge in [0.25, 0.3) is 0 Å². The van der Waals surface area contributed by atoms with Gasteiger partial charge in [-0.1, -0.05) is 48.5 Å². The van der Waals surface area contributed by atoms with Gasteiger partial charge in [0.05, 0.1) is 30.5 Å². The Kier molecular flexibility index (Phi) is 6.75. The largest absolute Gasteiger partial charge is 0.494 e. The summed E-state index contributed by atoms with van der Waals surface area (Å²) in [5, 5.41) is 8.15. The van der Waals surface area contributed by atoms with Crippen LogP contribution in [0.5, 0.6) is 11.5 Å². The average molecular weight is 464 g/mol. The fourth-order valence-corrected chi connectivity index (χ4v) is 4.27. The number of nitrogens with zero attached hydrogens (tertiary/aromatic N) is 3. The third-order valence-corrected chi connectivity index (χ3v) is 5.99. The van der Waals surface area contributed by atoms with Crippen molar-refractivity contribution < 1.29 is 9.47 Å². The van der Waals surface area contributed by atoms with Crippen molar-refractivity contribution in [2.75, 3.05) is 18.2 Å². The summed E-state index contributed by atoms with van der Waals surface area (Å²) < 4.78 is 11.2. The molecule has 0 spiro atoms. The second-order valence-electron chi connectivity index (χ2n) is 8.36. The predicted octanol–water partition coefficient (Wildman–Crippen LogP) is 7.05. The molecule has 0 saturated heterocycles. The van der Waals surface area contributed by atoms with Crippen molar-refractivity contribution in [1.29, 1.82) is 0 Å². The van der Waals surface area contributed by atoms with Gasteiger partial charge in [-0.25, -0.2) is 9.99 Å². The Bertz CT molecular complexity index is 1340. The van der Waals surface area contributed by atoms with E-state index in [-0.39, 0.29) is 6.04 Å². The van der Waals surface area contributed by atoms with Crippen molar-refractivity contribution in [2.24, 2.45) is 5.10 Å². The second kappa shape index (κ2) is 10.4. The summed E-state index contributed by atoms with van der Waals surface area (Å²) in [6.45, 7) is 5.30. The maximum absolute atomic E-state index is 5.64. The summed E-state index contributed by atoms with van der Waals surface area (Å²) in [7, 11) is 0. The average Bonchev–Trinajstić information content (AvgIpc) is 3.33. The molecule has 1 aliphatic heterocycles. The molecule has 2 heterocycles. The molecule has 5 heteroatoms. The second-order valence-corrected chi connectivity index (χ2v) is 8.36. The molecule has 1 aliphatic rings. The maximum Gasteiger partial charge on any atom is 0.150 e. The van der Waals surface area contributed by atoms with Gasteiger partial charge in [-0.2, -0.15) is 5.10 Å². The molecule has 5 nitrogen and oxygen atoms in total. The number of benzene rings is 3. The summed E-state index contributed by atoms with van der Waals surface area (Å²) in [6.07, 6.45) is 4.98. The fraction of sp³-hybridized carbons (Fsp3) is 0.200.